The van der Waals surface area contributed by atoms with E-state index < -0.39 is 17.7 Å². The summed E-state index contributed by atoms with van der Waals surface area (Å²) < 4.78 is 22.5. The highest BCUT2D eigenvalue weighted by atomic mass is 79.9. The van der Waals surface area contributed by atoms with Gasteiger partial charge >= 0.3 is 0 Å². The molecule has 1 fully saturated rings. The first-order valence-corrected chi connectivity index (χ1v) is 12.6. The second-order valence-electron chi connectivity index (χ2n) is 8.55. The summed E-state index contributed by atoms with van der Waals surface area (Å²) in [6.07, 6.45) is 0.431. The van der Waals surface area contributed by atoms with E-state index in [9.17, 15) is 14.7 Å². The number of benzene rings is 3. The molecular weight excluding hydrogens is 554 g/mol. The summed E-state index contributed by atoms with van der Waals surface area (Å²) in [6, 6.07) is 16.7. The number of carbonyl (C=O) groups excluding carboxylic acids is 2. The van der Waals surface area contributed by atoms with Gasteiger partial charge in [0.1, 0.15) is 17.3 Å². The molecule has 1 heterocycles. The number of ketones is 1. The Morgan fingerprint density at radius 3 is 2.16 bits per heavy atom. The molecule has 0 unspecified atom stereocenters. The van der Waals surface area contributed by atoms with Crippen molar-refractivity contribution in [2.24, 2.45) is 0 Å². The molecule has 0 aromatic heterocycles. The van der Waals surface area contributed by atoms with E-state index in [2.05, 4.69) is 15.9 Å². The molecule has 198 valence electrons. The summed E-state index contributed by atoms with van der Waals surface area (Å²) in [5.74, 6) is 0.416. The molecule has 1 N–H and O–H groups in total. The average Bonchev–Trinajstić information content (AvgIpc) is 3.20. The van der Waals surface area contributed by atoms with Crippen molar-refractivity contribution >= 4 is 33.4 Å². The van der Waals surface area contributed by atoms with Gasteiger partial charge in [-0.3, -0.25) is 9.59 Å². The van der Waals surface area contributed by atoms with Crippen molar-refractivity contribution in [2.75, 3.05) is 35.0 Å². The molecule has 9 heteroatoms. The van der Waals surface area contributed by atoms with E-state index in [1.165, 1.54) is 19.1 Å². The molecule has 1 aliphatic heterocycles. The number of halogens is 1. The molecule has 0 spiro atoms. The lowest BCUT2D eigenvalue weighted by atomic mass is 9.94. The van der Waals surface area contributed by atoms with Crippen molar-refractivity contribution in [3.8, 4) is 23.0 Å². The van der Waals surface area contributed by atoms with Crippen LogP contribution < -0.4 is 18.9 Å². The Kier molecular flexibility index (Phi) is 8.26. The number of methoxy groups -OCH3 is 4. The van der Waals surface area contributed by atoms with Gasteiger partial charge in [-0.1, -0.05) is 34.1 Å². The minimum Gasteiger partial charge on any atom is -0.507 e. The molecule has 1 amide bonds. The van der Waals surface area contributed by atoms with Crippen molar-refractivity contribution in [3.05, 3.63) is 87.4 Å². The molecule has 3 aromatic carbocycles. The third-order valence-electron chi connectivity index (χ3n) is 6.48. The number of amides is 1. The van der Waals surface area contributed by atoms with Crippen LogP contribution in [0.1, 0.15) is 22.7 Å². The standard InChI is InChI=1S/C29H28BrNO7/c1-35-20-10-11-21(23(16-20)37-3)26-25(27(32)18-6-8-19(30)9-7-18)28(33)29(34)31(26)14-13-17-5-12-22(36-2)24(15-17)38-4/h5-12,15-16,26,32H,13-14H2,1-4H3/t26-/m1/s1. The van der Waals surface area contributed by atoms with Crippen LogP contribution in [0.25, 0.3) is 5.76 Å². The molecule has 4 rings (SSSR count). The van der Waals surface area contributed by atoms with Crippen molar-refractivity contribution in [1.82, 2.24) is 4.90 Å². The number of rotatable bonds is 9. The van der Waals surface area contributed by atoms with E-state index in [0.29, 0.717) is 40.5 Å². The number of aliphatic hydroxyl groups excluding tert-OH is 1. The molecule has 0 saturated carbocycles. The maximum atomic E-state index is 13.4. The predicted octanol–water partition coefficient (Wildman–Crippen LogP) is 5.15. The SMILES string of the molecule is COc1ccc([C@@H]2C(=C(O)c3ccc(Br)cc3)C(=O)C(=O)N2CCc2ccc(OC)c(OC)c2)c(OC)c1. The number of aliphatic hydroxyl groups is 1. The van der Waals surface area contributed by atoms with Crippen LogP contribution in [0.3, 0.4) is 0 Å². The molecule has 1 aliphatic rings. The maximum absolute atomic E-state index is 13.4. The summed E-state index contributed by atoms with van der Waals surface area (Å²) in [4.78, 5) is 28.2. The lowest BCUT2D eigenvalue weighted by molar-refractivity contribution is -0.139. The maximum Gasteiger partial charge on any atom is 0.295 e. The number of carbonyl (C=O) groups is 2. The van der Waals surface area contributed by atoms with E-state index in [4.69, 9.17) is 18.9 Å². The zero-order valence-electron chi connectivity index (χ0n) is 21.5. The van der Waals surface area contributed by atoms with Gasteiger partial charge in [-0.05, 0) is 48.4 Å². The molecule has 8 nitrogen and oxygen atoms in total. The second kappa shape index (κ2) is 11.6. The quantitative estimate of drug-likeness (QED) is 0.212. The molecule has 0 bridgehead atoms. The Morgan fingerprint density at radius 2 is 1.53 bits per heavy atom. The third kappa shape index (κ3) is 5.19. The zero-order chi connectivity index (χ0) is 27.4. The smallest absolute Gasteiger partial charge is 0.295 e. The van der Waals surface area contributed by atoms with Crippen LogP contribution in [0.2, 0.25) is 0 Å². The normalized spacial score (nSPS) is 16.4. The predicted molar refractivity (Wildman–Crippen MR) is 146 cm³/mol. The minimum absolute atomic E-state index is 0.00639. The molecule has 0 radical (unpaired) electrons. The van der Waals surface area contributed by atoms with E-state index in [-0.39, 0.29) is 17.9 Å². The fourth-order valence-corrected chi connectivity index (χ4v) is 4.79. The van der Waals surface area contributed by atoms with Gasteiger partial charge in [0.15, 0.2) is 11.5 Å². The Balaban J connectivity index is 1.80. The minimum atomic E-state index is -0.875. The van der Waals surface area contributed by atoms with Gasteiger partial charge in [0, 0.05) is 28.2 Å². The van der Waals surface area contributed by atoms with Crippen LogP contribution >= 0.6 is 15.9 Å². The fraction of sp³-hybridized carbons (Fsp3) is 0.241. The summed E-state index contributed by atoms with van der Waals surface area (Å²) in [6.45, 7) is 0.205. The van der Waals surface area contributed by atoms with Gasteiger partial charge < -0.3 is 29.0 Å². The first-order chi connectivity index (χ1) is 18.3. The topological polar surface area (TPSA) is 94.5 Å². The van der Waals surface area contributed by atoms with Crippen LogP contribution in [-0.2, 0) is 16.0 Å². The molecular formula is C29H28BrNO7. The summed E-state index contributed by atoms with van der Waals surface area (Å²) in [7, 11) is 6.16. The average molecular weight is 582 g/mol. The molecule has 3 aromatic rings. The van der Waals surface area contributed by atoms with Crippen LogP contribution in [0, 0.1) is 0 Å². The van der Waals surface area contributed by atoms with E-state index in [1.54, 1.807) is 62.8 Å². The van der Waals surface area contributed by atoms with Crippen LogP contribution in [0.15, 0.2) is 70.7 Å². The van der Waals surface area contributed by atoms with Gasteiger partial charge in [-0.15, -0.1) is 0 Å². The Bertz CT molecular complexity index is 1380. The fourth-order valence-electron chi connectivity index (χ4n) is 4.53. The van der Waals surface area contributed by atoms with E-state index in [1.807, 2.05) is 12.1 Å². The first kappa shape index (κ1) is 27.1. The van der Waals surface area contributed by atoms with Crippen LogP contribution in [-0.4, -0.2) is 56.7 Å². The van der Waals surface area contributed by atoms with Crippen LogP contribution in [0.4, 0.5) is 0 Å². The van der Waals surface area contributed by atoms with Gasteiger partial charge in [0.25, 0.3) is 11.7 Å². The van der Waals surface area contributed by atoms with E-state index >= 15 is 0 Å². The van der Waals surface area contributed by atoms with Crippen molar-refractivity contribution in [2.45, 2.75) is 12.5 Å². The number of hydrogen-bond acceptors (Lipinski definition) is 7. The summed E-state index contributed by atoms with van der Waals surface area (Å²) in [5.41, 5.74) is 1.85. The molecule has 1 atom stereocenters. The Labute approximate surface area is 229 Å². The summed E-state index contributed by atoms with van der Waals surface area (Å²) in [5, 5.41) is 11.3. The first-order valence-electron chi connectivity index (χ1n) is 11.8. The number of Topliss-reactive ketones (excluding diaryl/α,β-unsaturated/α-hetero) is 1. The van der Waals surface area contributed by atoms with Crippen LogP contribution in [0.5, 0.6) is 23.0 Å². The number of ether oxygens (including phenoxy) is 4. The molecule has 0 aliphatic carbocycles. The van der Waals surface area contributed by atoms with Gasteiger partial charge in [-0.25, -0.2) is 0 Å². The largest absolute Gasteiger partial charge is 0.507 e. The third-order valence-corrected chi connectivity index (χ3v) is 7.01. The van der Waals surface area contributed by atoms with Crippen molar-refractivity contribution in [3.63, 3.8) is 0 Å². The zero-order valence-corrected chi connectivity index (χ0v) is 23.1. The van der Waals surface area contributed by atoms with Gasteiger partial charge in [0.2, 0.25) is 0 Å². The van der Waals surface area contributed by atoms with E-state index in [0.717, 1.165) is 10.0 Å². The second-order valence-corrected chi connectivity index (χ2v) is 9.46. The number of hydrogen-bond donors (Lipinski definition) is 1. The monoisotopic (exact) mass is 581 g/mol. The highest BCUT2D eigenvalue weighted by molar-refractivity contribution is 9.10. The highest BCUT2D eigenvalue weighted by Gasteiger charge is 2.47. The lowest BCUT2D eigenvalue weighted by Crippen LogP contribution is -2.32. The Hall–Kier alpha value is -3.98. The van der Waals surface area contributed by atoms with Crippen molar-refractivity contribution < 1.29 is 33.6 Å². The number of likely N-dealkylation sites (tertiary alicyclic amines) is 1. The summed E-state index contributed by atoms with van der Waals surface area (Å²) >= 11 is 3.38. The van der Waals surface area contributed by atoms with Gasteiger partial charge in [-0.2, -0.15) is 0 Å². The molecule has 1 saturated heterocycles. The highest BCUT2D eigenvalue weighted by Crippen LogP contribution is 2.44. The Morgan fingerprint density at radius 1 is 0.842 bits per heavy atom. The number of nitrogens with zero attached hydrogens (tertiary/aromatic N) is 1. The van der Waals surface area contributed by atoms with Crippen molar-refractivity contribution in [1.29, 1.82) is 0 Å². The lowest BCUT2D eigenvalue weighted by Gasteiger charge is -2.27. The van der Waals surface area contributed by atoms with Gasteiger partial charge in [0.05, 0.1) is 40.1 Å². The molecule has 38 heavy (non-hydrogen) atoms.